The summed E-state index contributed by atoms with van der Waals surface area (Å²) in [7, 11) is 0. The van der Waals surface area contributed by atoms with Gasteiger partial charge in [-0.1, -0.05) is 224 Å². The third-order valence-corrected chi connectivity index (χ3v) is 18.9. The van der Waals surface area contributed by atoms with Crippen molar-refractivity contribution in [2.24, 2.45) is 0 Å². The highest BCUT2D eigenvalue weighted by Gasteiger charge is 2.20. The Morgan fingerprint density at radius 1 is 0.188 bits per heavy atom. The lowest BCUT2D eigenvalue weighted by Crippen LogP contribution is -1.94. The minimum absolute atomic E-state index is 0.918. The van der Waals surface area contributed by atoms with E-state index in [1.54, 1.807) is 12.4 Å². The topological polar surface area (TPSA) is 77.3 Å². The molecule has 0 aliphatic heterocycles. The van der Waals surface area contributed by atoms with Crippen molar-refractivity contribution >= 4 is 97.3 Å². The average Bonchev–Trinajstić information content (AvgIpc) is 0.747. The molecule has 6 heterocycles. The van der Waals surface area contributed by atoms with E-state index < -0.39 is 0 Å². The number of rotatable bonds is 8. The SMILES string of the molecule is c1ccc2cc(-c3cc(-c4ccc(-c5ccnc6ccccc56)nc4)c4cc(-c5ccc6ccccc6c5)c5ccccc5c4n3)ccc2c1.c1ccc2cc(-c3cc(-c4ccc(-c5ccncc5)nc4)c4cc(-c5ccc6ccccc6c5)c5ccccc5c4n3)ccc2c1. The number of aromatic nitrogens is 6. The molecule has 0 atom stereocenters. The molecule has 19 rings (SSSR count). The summed E-state index contributed by atoms with van der Waals surface area (Å²) >= 11 is 0. The van der Waals surface area contributed by atoms with Crippen LogP contribution in [0.25, 0.3) is 187 Å². The van der Waals surface area contributed by atoms with Gasteiger partial charge in [-0.25, -0.2) is 9.97 Å². The van der Waals surface area contributed by atoms with Gasteiger partial charge < -0.3 is 0 Å². The Balaban J connectivity index is 0.000000141. The van der Waals surface area contributed by atoms with Gasteiger partial charge in [-0.05, 0) is 172 Å². The first-order valence-corrected chi connectivity index (χ1v) is 32.4. The van der Waals surface area contributed by atoms with Gasteiger partial charge in [0.15, 0.2) is 0 Å². The summed E-state index contributed by atoms with van der Waals surface area (Å²) in [6, 6.07) is 110. The second-order valence-electron chi connectivity index (χ2n) is 24.6. The highest BCUT2D eigenvalue weighted by molar-refractivity contribution is 6.18. The van der Waals surface area contributed by atoms with Crippen LogP contribution < -0.4 is 0 Å². The second kappa shape index (κ2) is 23.7. The number of pyridine rings is 6. The van der Waals surface area contributed by atoms with E-state index >= 15 is 0 Å². The van der Waals surface area contributed by atoms with Crippen LogP contribution in [0.15, 0.2) is 340 Å². The number of benzene rings is 13. The summed E-state index contributed by atoms with van der Waals surface area (Å²) in [6.45, 7) is 0. The highest BCUT2D eigenvalue weighted by Crippen LogP contribution is 2.44. The van der Waals surface area contributed by atoms with Crippen LogP contribution in [0.2, 0.25) is 0 Å². The van der Waals surface area contributed by atoms with Crippen molar-refractivity contribution in [2.75, 3.05) is 0 Å². The molecule has 19 aromatic rings. The molecular weight excluding hydrogens is 1170 g/mol. The van der Waals surface area contributed by atoms with Crippen LogP contribution in [0.5, 0.6) is 0 Å². The van der Waals surface area contributed by atoms with Crippen molar-refractivity contribution in [3.05, 3.63) is 340 Å². The average molecular weight is 1220 g/mol. The number of fused-ring (bicyclic) bond motifs is 11. The van der Waals surface area contributed by atoms with Crippen molar-refractivity contribution < 1.29 is 0 Å². The molecule has 0 aliphatic carbocycles. The predicted molar refractivity (Wildman–Crippen MR) is 401 cm³/mol. The first-order valence-electron chi connectivity index (χ1n) is 32.4. The molecule has 0 fully saturated rings. The van der Waals surface area contributed by atoms with Crippen molar-refractivity contribution in [3.63, 3.8) is 0 Å². The quantitative estimate of drug-likeness (QED) is 0.141. The Kier molecular flexibility index (Phi) is 13.8. The molecule has 0 bridgehead atoms. The summed E-state index contributed by atoms with van der Waals surface area (Å²) in [5.41, 5.74) is 20.0. The minimum Gasteiger partial charge on any atom is -0.265 e. The molecule has 6 nitrogen and oxygen atoms in total. The third kappa shape index (κ3) is 10.2. The zero-order valence-electron chi connectivity index (χ0n) is 52.0. The zero-order chi connectivity index (χ0) is 63.5. The Labute approximate surface area is 553 Å². The van der Waals surface area contributed by atoms with Gasteiger partial charge >= 0.3 is 0 Å². The molecule has 0 radical (unpaired) electrons. The molecule has 96 heavy (non-hydrogen) atoms. The molecule has 0 spiro atoms. The van der Waals surface area contributed by atoms with Crippen molar-refractivity contribution in [3.8, 4) is 89.5 Å². The van der Waals surface area contributed by atoms with Crippen LogP contribution in [-0.4, -0.2) is 29.9 Å². The maximum absolute atomic E-state index is 5.42. The lowest BCUT2D eigenvalue weighted by Gasteiger charge is -2.16. The van der Waals surface area contributed by atoms with Crippen LogP contribution in [0.3, 0.4) is 0 Å². The van der Waals surface area contributed by atoms with E-state index in [0.29, 0.717) is 0 Å². The van der Waals surface area contributed by atoms with E-state index in [-0.39, 0.29) is 0 Å². The van der Waals surface area contributed by atoms with E-state index in [9.17, 15) is 0 Å². The maximum atomic E-state index is 5.42. The molecule has 0 saturated heterocycles. The molecule has 0 amide bonds. The van der Waals surface area contributed by atoms with Crippen molar-refractivity contribution in [1.82, 2.24) is 29.9 Å². The van der Waals surface area contributed by atoms with Gasteiger partial charge in [0, 0.05) is 91.3 Å². The third-order valence-electron chi connectivity index (χ3n) is 18.9. The molecule has 0 aliphatic rings. The Bertz CT molecular complexity index is 6260. The summed E-state index contributed by atoms with van der Waals surface area (Å²) in [5.74, 6) is 0. The van der Waals surface area contributed by atoms with Gasteiger partial charge in [-0.3, -0.25) is 19.9 Å². The van der Waals surface area contributed by atoms with E-state index in [0.717, 1.165) is 111 Å². The van der Waals surface area contributed by atoms with Crippen molar-refractivity contribution in [1.29, 1.82) is 0 Å². The maximum Gasteiger partial charge on any atom is 0.0794 e. The molecule has 0 unspecified atom stereocenters. The van der Waals surface area contributed by atoms with Crippen LogP contribution in [-0.2, 0) is 0 Å². The Morgan fingerprint density at radius 2 is 0.562 bits per heavy atom. The molecule has 0 saturated carbocycles. The summed E-state index contributed by atoms with van der Waals surface area (Å²) in [4.78, 5) is 29.5. The fourth-order valence-electron chi connectivity index (χ4n) is 14.0. The monoisotopic (exact) mass is 1220 g/mol. The second-order valence-corrected chi connectivity index (χ2v) is 24.6. The van der Waals surface area contributed by atoms with Crippen LogP contribution in [0.4, 0.5) is 0 Å². The van der Waals surface area contributed by atoms with Crippen molar-refractivity contribution in [2.45, 2.75) is 0 Å². The van der Waals surface area contributed by atoms with E-state index in [1.807, 2.05) is 48.9 Å². The fourth-order valence-corrected chi connectivity index (χ4v) is 14.0. The lowest BCUT2D eigenvalue weighted by atomic mass is 9.90. The molecule has 446 valence electrons. The molecule has 0 N–H and O–H groups in total. The number of nitrogens with zero attached hydrogens (tertiary/aromatic N) is 6. The predicted octanol–water partition coefficient (Wildman–Crippen LogP) is 23.5. The minimum atomic E-state index is 0.918. The van der Waals surface area contributed by atoms with Gasteiger partial charge in [0.05, 0.1) is 39.3 Å². The number of hydrogen-bond donors (Lipinski definition) is 0. The summed E-state index contributed by atoms with van der Waals surface area (Å²) < 4.78 is 0. The van der Waals surface area contributed by atoms with Gasteiger partial charge in [0.2, 0.25) is 0 Å². The molecule has 13 aromatic carbocycles. The zero-order valence-corrected chi connectivity index (χ0v) is 52.0. The van der Waals surface area contributed by atoms with Crippen LogP contribution in [0.1, 0.15) is 0 Å². The molecular formula is C90H56N6. The Hall–Kier alpha value is -12.9. The Morgan fingerprint density at radius 3 is 1.02 bits per heavy atom. The molecule has 6 aromatic heterocycles. The van der Waals surface area contributed by atoms with E-state index in [1.165, 1.54) is 76.1 Å². The highest BCUT2D eigenvalue weighted by atomic mass is 14.7. The van der Waals surface area contributed by atoms with E-state index in [4.69, 9.17) is 19.9 Å². The first kappa shape index (κ1) is 55.9. The number of hydrogen-bond acceptors (Lipinski definition) is 6. The number of para-hydroxylation sites is 1. The smallest absolute Gasteiger partial charge is 0.0794 e. The van der Waals surface area contributed by atoms with Crippen LogP contribution >= 0.6 is 0 Å². The van der Waals surface area contributed by atoms with Gasteiger partial charge in [-0.2, -0.15) is 0 Å². The standard InChI is InChI=1S/C47H29N3.C43H27N3/c1-3-11-32-25-34(19-17-30(32)9-1)41-27-43-42(36-21-22-45(49-29-36)39-23-24-48-44-16-8-7-14-38(39)44)28-46(50-47(43)40-15-6-5-13-37(40)41)35-20-18-31-10-2-4-12-33(31)26-35;1-3-9-31-23-33(15-13-28(31)7-1)38-25-40-39(35-17-18-41(45-27-35)30-19-21-44-22-20-30)26-42(46-43(40)37-12-6-5-11-36(37)38)34-16-14-29-8-2-4-10-32(29)24-34/h1-29H;1-27H. The normalized spacial score (nSPS) is 11.5. The van der Waals surface area contributed by atoms with Gasteiger partial charge in [-0.15, -0.1) is 0 Å². The summed E-state index contributed by atoms with van der Waals surface area (Å²) in [5, 5.41) is 17.7. The lowest BCUT2D eigenvalue weighted by molar-refractivity contribution is 1.29. The molecule has 6 heteroatoms. The van der Waals surface area contributed by atoms with Crippen LogP contribution in [0, 0.1) is 0 Å². The summed E-state index contributed by atoms with van der Waals surface area (Å²) in [6.07, 6.45) is 9.46. The first-order chi connectivity index (χ1) is 47.5. The largest absolute Gasteiger partial charge is 0.265 e. The van der Waals surface area contributed by atoms with Gasteiger partial charge in [0.1, 0.15) is 0 Å². The van der Waals surface area contributed by atoms with E-state index in [2.05, 4.69) is 289 Å². The fraction of sp³-hybridized carbons (Fsp3) is 0. The van der Waals surface area contributed by atoms with Gasteiger partial charge in [0.25, 0.3) is 0 Å².